The number of rotatable bonds is 15. The fourth-order valence-corrected chi connectivity index (χ4v) is 4.07. The van der Waals surface area contributed by atoms with E-state index in [9.17, 15) is 29.1 Å². The van der Waals surface area contributed by atoms with E-state index < -0.39 is 66.4 Å². The van der Waals surface area contributed by atoms with Crippen molar-refractivity contribution in [3.63, 3.8) is 0 Å². The molecule has 0 aromatic heterocycles. The number of carbonyl (C=O) groups is 5. The third kappa shape index (κ3) is 9.70. The number of hydrogen-bond donors (Lipinski definition) is 7. The number of likely N-dealkylation sites (tertiary alicyclic amines) is 1. The molecule has 1 saturated heterocycles. The zero-order valence-corrected chi connectivity index (χ0v) is 21.6. The lowest BCUT2D eigenvalue weighted by Crippen LogP contribution is -2.58. The molecule has 1 aliphatic heterocycles. The summed E-state index contributed by atoms with van der Waals surface area (Å²) in [6, 6.07) is -4.81. The van der Waals surface area contributed by atoms with Crippen LogP contribution >= 0.6 is 0 Å². The monoisotopic (exact) mass is 514 g/mol. The smallest absolute Gasteiger partial charge is 0.245 e. The number of hydrogen-bond acceptors (Lipinski definition) is 7. The largest absolute Gasteiger partial charge is 0.394 e. The Morgan fingerprint density at radius 1 is 1.00 bits per heavy atom. The van der Waals surface area contributed by atoms with E-state index >= 15 is 0 Å². The van der Waals surface area contributed by atoms with E-state index in [0.717, 1.165) is 6.42 Å². The van der Waals surface area contributed by atoms with Gasteiger partial charge in [-0.3, -0.25) is 24.0 Å². The van der Waals surface area contributed by atoms with Crippen LogP contribution in [0.3, 0.4) is 0 Å². The maximum atomic E-state index is 13.2. The van der Waals surface area contributed by atoms with Gasteiger partial charge in [0, 0.05) is 6.54 Å². The minimum atomic E-state index is -1.29. The summed E-state index contributed by atoms with van der Waals surface area (Å²) < 4.78 is 0. The van der Waals surface area contributed by atoms with Crippen molar-refractivity contribution in [1.29, 1.82) is 0 Å². The molecule has 5 atom stereocenters. The van der Waals surface area contributed by atoms with E-state index in [0.29, 0.717) is 45.2 Å². The molecular weight excluding hydrogens is 470 g/mol. The highest BCUT2D eigenvalue weighted by atomic mass is 16.3. The van der Waals surface area contributed by atoms with Gasteiger partial charge in [-0.2, -0.15) is 0 Å². The van der Waals surface area contributed by atoms with Crippen LogP contribution in [-0.2, 0) is 24.0 Å². The Labute approximate surface area is 212 Å². The topological polar surface area (TPSA) is 225 Å². The van der Waals surface area contributed by atoms with E-state index in [-0.39, 0.29) is 5.92 Å². The first-order chi connectivity index (χ1) is 16.9. The molecule has 0 aromatic carbocycles. The van der Waals surface area contributed by atoms with E-state index in [1.165, 1.54) is 11.8 Å². The maximum Gasteiger partial charge on any atom is 0.245 e. The van der Waals surface area contributed by atoms with E-state index in [2.05, 4.69) is 21.7 Å². The molecule has 36 heavy (non-hydrogen) atoms. The normalized spacial score (nSPS) is 18.8. The molecule has 11 N–H and O–H groups in total. The Morgan fingerprint density at radius 2 is 1.64 bits per heavy atom. The average Bonchev–Trinajstić information content (AvgIpc) is 3.31. The van der Waals surface area contributed by atoms with Gasteiger partial charge in [0.25, 0.3) is 0 Å². The molecule has 13 nitrogen and oxygen atoms in total. The number of unbranched alkanes of at least 4 members (excludes halogenated alkanes) is 1. The third-order valence-corrected chi connectivity index (χ3v) is 6.10. The number of aliphatic hydroxyl groups is 1. The van der Waals surface area contributed by atoms with Gasteiger partial charge in [-0.15, -0.1) is 0 Å². The Hall–Kier alpha value is -2.77. The Morgan fingerprint density at radius 3 is 2.19 bits per heavy atom. The van der Waals surface area contributed by atoms with Crippen molar-refractivity contribution < 1.29 is 34.8 Å². The number of nitrogens with zero attached hydrogens (tertiary/aromatic N) is 1. The molecule has 0 unspecified atom stereocenters. The molecule has 0 spiro atoms. The highest BCUT2D eigenvalue weighted by Crippen LogP contribution is 2.19. The quantitative estimate of drug-likeness (QED) is 0.110. The van der Waals surface area contributed by atoms with Gasteiger partial charge in [-0.1, -0.05) is 13.8 Å². The first kappa shape index (κ1) is 31.3. The molecule has 0 saturated carbocycles. The SMILES string of the molecule is CC(C)C[C@H](N)C(=O)N[C@@H](CO)C(=O)N[C@@H](C)C(=O)N[C@@H](CCCC[NH3+])C(=O)N1CCC[C@H]1C(N)=O. The van der Waals surface area contributed by atoms with E-state index in [1.54, 1.807) is 0 Å². The zero-order valence-electron chi connectivity index (χ0n) is 21.6. The number of nitrogens with one attached hydrogen (secondary N) is 3. The van der Waals surface area contributed by atoms with Gasteiger partial charge >= 0.3 is 0 Å². The predicted molar refractivity (Wildman–Crippen MR) is 132 cm³/mol. The molecule has 1 rings (SSSR count). The van der Waals surface area contributed by atoms with Gasteiger partial charge in [0.15, 0.2) is 0 Å². The van der Waals surface area contributed by atoms with Gasteiger partial charge in [0.2, 0.25) is 29.5 Å². The fraction of sp³-hybridized carbons (Fsp3) is 0.783. The van der Waals surface area contributed by atoms with Crippen molar-refractivity contribution in [2.24, 2.45) is 17.4 Å². The van der Waals surface area contributed by atoms with Gasteiger partial charge in [-0.25, -0.2) is 0 Å². The van der Waals surface area contributed by atoms with E-state index in [4.69, 9.17) is 11.5 Å². The van der Waals surface area contributed by atoms with Crippen LogP contribution in [0.5, 0.6) is 0 Å². The molecule has 0 bridgehead atoms. The van der Waals surface area contributed by atoms with Crippen LogP contribution in [0.4, 0.5) is 0 Å². The Bertz CT molecular complexity index is 778. The molecule has 0 radical (unpaired) electrons. The highest BCUT2D eigenvalue weighted by Gasteiger charge is 2.37. The molecule has 0 aromatic rings. The Kier molecular flexibility index (Phi) is 13.3. The highest BCUT2D eigenvalue weighted by molar-refractivity contribution is 5.95. The molecule has 206 valence electrons. The number of carbonyl (C=O) groups excluding carboxylic acids is 5. The fourth-order valence-electron chi connectivity index (χ4n) is 4.07. The second kappa shape index (κ2) is 15.4. The number of quaternary nitrogens is 1. The van der Waals surface area contributed by atoms with Crippen molar-refractivity contribution in [1.82, 2.24) is 20.9 Å². The van der Waals surface area contributed by atoms with Gasteiger partial charge in [0.1, 0.15) is 24.2 Å². The Balaban J connectivity index is 2.80. The maximum absolute atomic E-state index is 13.2. The summed E-state index contributed by atoms with van der Waals surface area (Å²) in [7, 11) is 0. The summed E-state index contributed by atoms with van der Waals surface area (Å²) in [4.78, 5) is 64.0. The average molecular weight is 515 g/mol. The summed E-state index contributed by atoms with van der Waals surface area (Å²) in [5.41, 5.74) is 15.0. The van der Waals surface area contributed by atoms with Crippen LogP contribution in [0, 0.1) is 5.92 Å². The third-order valence-electron chi connectivity index (χ3n) is 6.10. The molecule has 5 amide bonds. The summed E-state index contributed by atoms with van der Waals surface area (Å²) in [5.74, 6) is -2.79. The van der Waals surface area contributed by atoms with Crippen LogP contribution < -0.4 is 33.2 Å². The number of amides is 5. The lowest BCUT2D eigenvalue weighted by Gasteiger charge is -2.29. The minimum absolute atomic E-state index is 0.166. The van der Waals surface area contributed by atoms with Crippen molar-refractivity contribution in [3.8, 4) is 0 Å². The van der Waals surface area contributed by atoms with Gasteiger partial charge < -0.3 is 43.2 Å². The minimum Gasteiger partial charge on any atom is -0.394 e. The van der Waals surface area contributed by atoms with Crippen molar-refractivity contribution in [2.45, 2.75) is 89.5 Å². The van der Waals surface area contributed by atoms with Crippen LogP contribution in [-0.4, -0.2) is 89.4 Å². The predicted octanol–water partition coefficient (Wildman–Crippen LogP) is -3.29. The van der Waals surface area contributed by atoms with Crippen LogP contribution in [0.15, 0.2) is 0 Å². The van der Waals surface area contributed by atoms with Crippen LogP contribution in [0.2, 0.25) is 0 Å². The molecule has 1 aliphatic rings. The zero-order chi connectivity index (χ0) is 27.4. The van der Waals surface area contributed by atoms with Gasteiger partial charge in [0.05, 0.1) is 19.2 Å². The molecule has 13 heteroatoms. The molecular formula is C23H44N7O6+. The molecule has 1 fully saturated rings. The second-order valence-corrected chi connectivity index (χ2v) is 9.71. The molecule has 1 heterocycles. The summed E-state index contributed by atoms with van der Waals surface area (Å²) >= 11 is 0. The summed E-state index contributed by atoms with van der Waals surface area (Å²) in [6.45, 7) is 5.59. The summed E-state index contributed by atoms with van der Waals surface area (Å²) in [5, 5.41) is 17.1. The standard InChI is InChI=1S/C23H43N7O6/c1-13(2)11-15(25)21(34)29-17(12-31)22(35)27-14(3)20(33)28-16(7-4-5-9-24)23(36)30-10-6-8-18(30)19(26)32/h13-18,31H,4-12,24-25H2,1-3H3,(H2,26,32)(H,27,35)(H,28,33)(H,29,34)/p+1/t14-,15-,16-,17-,18-/m0/s1. The molecule has 0 aliphatic carbocycles. The van der Waals surface area contributed by atoms with Crippen molar-refractivity contribution in [2.75, 3.05) is 19.7 Å². The first-order valence-electron chi connectivity index (χ1n) is 12.6. The van der Waals surface area contributed by atoms with Crippen molar-refractivity contribution in [3.05, 3.63) is 0 Å². The van der Waals surface area contributed by atoms with Crippen LogP contribution in [0.25, 0.3) is 0 Å². The lowest BCUT2D eigenvalue weighted by molar-refractivity contribution is -0.368. The second-order valence-electron chi connectivity index (χ2n) is 9.71. The van der Waals surface area contributed by atoms with E-state index in [1.807, 2.05) is 13.8 Å². The van der Waals surface area contributed by atoms with Gasteiger partial charge in [-0.05, 0) is 51.4 Å². The number of nitrogens with two attached hydrogens (primary N) is 2. The number of primary amides is 1. The first-order valence-corrected chi connectivity index (χ1v) is 12.6. The number of aliphatic hydroxyl groups excluding tert-OH is 1. The van der Waals surface area contributed by atoms with Crippen LogP contribution in [0.1, 0.15) is 59.3 Å². The lowest BCUT2D eigenvalue weighted by atomic mass is 10.0. The summed E-state index contributed by atoms with van der Waals surface area (Å²) in [6.07, 6.45) is 3.24. The van der Waals surface area contributed by atoms with Crippen molar-refractivity contribution >= 4 is 29.5 Å².